The number of Topliss-reactive ketones (excluding diaryl/α,β-unsaturated/α-hetero) is 1. The zero-order chi connectivity index (χ0) is 19.4. The highest BCUT2D eigenvalue weighted by Crippen LogP contribution is 2.15. The van der Waals surface area contributed by atoms with Gasteiger partial charge in [0.1, 0.15) is 5.82 Å². The largest absolute Gasteiger partial charge is 0.293 e. The van der Waals surface area contributed by atoms with E-state index < -0.39 is 10.0 Å². The SMILES string of the molecule is Cc1ccc(C(=O)CN2CCN(S(=O)(=O)Cc3ccc(F)cc3)CC2)cc1. The zero-order valence-electron chi connectivity index (χ0n) is 15.3. The maximum atomic E-state index is 13.0. The third-order valence-corrected chi connectivity index (χ3v) is 6.58. The Bertz CT molecular complexity index is 888. The molecule has 0 aromatic heterocycles. The van der Waals surface area contributed by atoms with Gasteiger partial charge in [0.05, 0.1) is 12.3 Å². The van der Waals surface area contributed by atoms with Crippen molar-refractivity contribution in [3.8, 4) is 0 Å². The van der Waals surface area contributed by atoms with E-state index in [1.807, 2.05) is 36.1 Å². The number of carbonyl (C=O) groups excluding carboxylic acids is 1. The summed E-state index contributed by atoms with van der Waals surface area (Å²) in [7, 11) is -3.46. The van der Waals surface area contributed by atoms with Gasteiger partial charge in [-0.15, -0.1) is 0 Å². The molecular weight excluding hydrogens is 367 g/mol. The average Bonchev–Trinajstić information content (AvgIpc) is 2.64. The first kappa shape index (κ1) is 19.7. The first-order chi connectivity index (χ1) is 12.8. The molecule has 7 heteroatoms. The summed E-state index contributed by atoms with van der Waals surface area (Å²) in [5.74, 6) is -0.490. The monoisotopic (exact) mass is 390 g/mol. The van der Waals surface area contributed by atoms with Crippen molar-refractivity contribution >= 4 is 15.8 Å². The number of benzene rings is 2. The fourth-order valence-electron chi connectivity index (χ4n) is 3.08. The summed E-state index contributed by atoms with van der Waals surface area (Å²) in [5.41, 5.74) is 2.34. The third kappa shape index (κ3) is 5.22. The number of halogens is 1. The quantitative estimate of drug-likeness (QED) is 0.711. The number of nitrogens with zero attached hydrogens (tertiary/aromatic N) is 2. The van der Waals surface area contributed by atoms with Crippen LogP contribution in [0.4, 0.5) is 4.39 Å². The minimum atomic E-state index is -3.46. The number of rotatable bonds is 6. The lowest BCUT2D eigenvalue weighted by Gasteiger charge is -2.33. The highest BCUT2D eigenvalue weighted by atomic mass is 32.2. The molecular formula is C20H23FN2O3S. The highest BCUT2D eigenvalue weighted by Gasteiger charge is 2.27. The van der Waals surface area contributed by atoms with Gasteiger partial charge in [-0.05, 0) is 24.6 Å². The Morgan fingerprint density at radius 2 is 1.56 bits per heavy atom. The zero-order valence-corrected chi connectivity index (χ0v) is 16.1. The van der Waals surface area contributed by atoms with Gasteiger partial charge in [-0.3, -0.25) is 9.69 Å². The second kappa shape index (κ2) is 8.29. The van der Waals surface area contributed by atoms with Crippen LogP contribution in [-0.2, 0) is 15.8 Å². The molecule has 3 rings (SSSR count). The fourth-order valence-corrected chi connectivity index (χ4v) is 4.60. The molecule has 2 aromatic rings. The van der Waals surface area contributed by atoms with Crippen molar-refractivity contribution in [2.75, 3.05) is 32.7 Å². The second-order valence-corrected chi connectivity index (χ2v) is 8.82. The summed E-state index contributed by atoms with van der Waals surface area (Å²) in [6.45, 7) is 3.99. The third-order valence-electron chi connectivity index (χ3n) is 4.73. The molecule has 0 atom stereocenters. The predicted molar refractivity (Wildman–Crippen MR) is 103 cm³/mol. The van der Waals surface area contributed by atoms with Gasteiger partial charge in [0.25, 0.3) is 0 Å². The Morgan fingerprint density at radius 1 is 0.963 bits per heavy atom. The van der Waals surface area contributed by atoms with Crippen LogP contribution in [0.5, 0.6) is 0 Å². The molecule has 0 N–H and O–H groups in total. The molecule has 0 spiro atoms. The van der Waals surface area contributed by atoms with Gasteiger partial charge in [0, 0.05) is 31.7 Å². The van der Waals surface area contributed by atoms with Crippen LogP contribution in [0.3, 0.4) is 0 Å². The van der Waals surface area contributed by atoms with E-state index in [9.17, 15) is 17.6 Å². The van der Waals surface area contributed by atoms with Crippen LogP contribution in [-0.4, -0.2) is 56.1 Å². The van der Waals surface area contributed by atoms with Crippen LogP contribution in [0.15, 0.2) is 48.5 Å². The van der Waals surface area contributed by atoms with Gasteiger partial charge in [-0.2, -0.15) is 4.31 Å². The lowest BCUT2D eigenvalue weighted by atomic mass is 10.1. The number of hydrogen-bond acceptors (Lipinski definition) is 4. The van der Waals surface area contributed by atoms with E-state index in [4.69, 9.17) is 0 Å². The summed E-state index contributed by atoms with van der Waals surface area (Å²) in [6, 6.07) is 13.0. The van der Waals surface area contributed by atoms with Crippen molar-refractivity contribution in [2.45, 2.75) is 12.7 Å². The van der Waals surface area contributed by atoms with Gasteiger partial charge in [-0.1, -0.05) is 42.0 Å². The maximum absolute atomic E-state index is 13.0. The molecule has 0 aliphatic carbocycles. The number of sulfonamides is 1. The Kier molecular flexibility index (Phi) is 6.04. The van der Waals surface area contributed by atoms with E-state index in [1.54, 1.807) is 0 Å². The molecule has 1 aliphatic rings. The van der Waals surface area contributed by atoms with Crippen LogP contribution in [0.25, 0.3) is 0 Å². The predicted octanol–water partition coefficient (Wildman–Crippen LogP) is 2.46. The van der Waals surface area contributed by atoms with E-state index in [1.165, 1.54) is 28.6 Å². The Hall–Kier alpha value is -2.09. The molecule has 1 heterocycles. The van der Waals surface area contributed by atoms with Crippen molar-refractivity contribution in [3.05, 3.63) is 71.0 Å². The summed E-state index contributed by atoms with van der Waals surface area (Å²) >= 11 is 0. The molecule has 0 unspecified atom stereocenters. The van der Waals surface area contributed by atoms with Gasteiger partial charge < -0.3 is 0 Å². The number of hydrogen-bond donors (Lipinski definition) is 0. The highest BCUT2D eigenvalue weighted by molar-refractivity contribution is 7.88. The first-order valence-corrected chi connectivity index (χ1v) is 10.5. The number of carbonyl (C=O) groups is 1. The first-order valence-electron chi connectivity index (χ1n) is 8.88. The van der Waals surface area contributed by atoms with E-state index in [0.717, 1.165) is 5.56 Å². The molecule has 2 aromatic carbocycles. The lowest BCUT2D eigenvalue weighted by Crippen LogP contribution is -2.50. The number of piperazine rings is 1. The van der Waals surface area contributed by atoms with Crippen molar-refractivity contribution in [1.29, 1.82) is 0 Å². The van der Waals surface area contributed by atoms with Gasteiger partial charge >= 0.3 is 0 Å². The number of aryl methyl sites for hydroxylation is 1. The molecule has 0 bridgehead atoms. The minimum Gasteiger partial charge on any atom is -0.293 e. The molecule has 144 valence electrons. The van der Waals surface area contributed by atoms with Gasteiger partial charge in [-0.25, -0.2) is 12.8 Å². The van der Waals surface area contributed by atoms with Crippen LogP contribution in [0.2, 0.25) is 0 Å². The van der Waals surface area contributed by atoms with Gasteiger partial charge in [0.15, 0.2) is 5.78 Å². The van der Waals surface area contributed by atoms with Crippen molar-refractivity contribution in [2.24, 2.45) is 0 Å². The summed E-state index contributed by atoms with van der Waals surface area (Å²) in [5, 5.41) is 0. The summed E-state index contributed by atoms with van der Waals surface area (Å²) in [6.07, 6.45) is 0. The lowest BCUT2D eigenvalue weighted by molar-refractivity contribution is 0.0901. The molecule has 1 fully saturated rings. The van der Waals surface area contributed by atoms with Crippen LogP contribution < -0.4 is 0 Å². The van der Waals surface area contributed by atoms with E-state index in [2.05, 4.69) is 0 Å². The molecule has 27 heavy (non-hydrogen) atoms. The Morgan fingerprint density at radius 3 is 2.15 bits per heavy atom. The summed E-state index contributed by atoms with van der Waals surface area (Å²) < 4.78 is 39.6. The number of ketones is 1. The average molecular weight is 390 g/mol. The smallest absolute Gasteiger partial charge is 0.218 e. The van der Waals surface area contributed by atoms with Crippen molar-refractivity contribution < 1.29 is 17.6 Å². The molecule has 1 aliphatic heterocycles. The van der Waals surface area contributed by atoms with E-state index >= 15 is 0 Å². The van der Waals surface area contributed by atoms with E-state index in [0.29, 0.717) is 37.3 Å². The Labute approximate surface area is 159 Å². The second-order valence-electron chi connectivity index (χ2n) is 6.85. The summed E-state index contributed by atoms with van der Waals surface area (Å²) in [4.78, 5) is 14.3. The molecule has 0 amide bonds. The maximum Gasteiger partial charge on any atom is 0.218 e. The topological polar surface area (TPSA) is 57.7 Å². The van der Waals surface area contributed by atoms with Crippen molar-refractivity contribution in [3.63, 3.8) is 0 Å². The standard InChI is InChI=1S/C20H23FN2O3S/c1-16-2-6-18(7-3-16)20(24)14-22-10-12-23(13-11-22)27(25,26)15-17-4-8-19(21)9-5-17/h2-9H,10-15H2,1H3. The van der Waals surface area contributed by atoms with Crippen LogP contribution in [0, 0.1) is 12.7 Å². The normalized spacial score (nSPS) is 16.4. The van der Waals surface area contributed by atoms with Crippen molar-refractivity contribution in [1.82, 2.24) is 9.21 Å². The fraction of sp³-hybridized carbons (Fsp3) is 0.350. The van der Waals surface area contributed by atoms with Crippen LogP contribution >= 0.6 is 0 Å². The van der Waals surface area contributed by atoms with E-state index in [-0.39, 0.29) is 23.9 Å². The molecule has 1 saturated heterocycles. The minimum absolute atomic E-state index is 0.0395. The molecule has 5 nitrogen and oxygen atoms in total. The molecule has 0 radical (unpaired) electrons. The van der Waals surface area contributed by atoms with Gasteiger partial charge in [0.2, 0.25) is 10.0 Å². The molecule has 0 saturated carbocycles. The van der Waals surface area contributed by atoms with Crippen LogP contribution in [0.1, 0.15) is 21.5 Å². The Balaban J connectivity index is 1.54.